The Kier molecular flexibility index (Phi) is 13.1. The molecule has 2 amide bonds. The van der Waals surface area contributed by atoms with E-state index in [-0.39, 0.29) is 12.0 Å². The molecule has 0 atom stereocenters. The summed E-state index contributed by atoms with van der Waals surface area (Å²) in [6.45, 7) is 15.4. The molecule has 2 heterocycles. The number of halogens is 2. The molecule has 0 aliphatic carbocycles. The van der Waals surface area contributed by atoms with Gasteiger partial charge in [-0.05, 0) is 114 Å². The van der Waals surface area contributed by atoms with Crippen molar-refractivity contribution in [2.45, 2.75) is 59.0 Å². The SMILES string of the molecule is C=CC(=O)Nc1cc(CCN(CCCN2CCCC2)C(=O)OC(C)(C)C)cc(C)c1Nc1ncc2cc(-c3c(Cl)c(OC)cc(OC)c3Cl)ccc2n1. The molecule has 11 nitrogen and oxygen atoms in total. The van der Waals surface area contributed by atoms with Gasteiger partial charge in [-0.2, -0.15) is 0 Å². The van der Waals surface area contributed by atoms with Gasteiger partial charge in [0.2, 0.25) is 11.9 Å². The van der Waals surface area contributed by atoms with Crippen LogP contribution in [0.2, 0.25) is 10.0 Å². The zero-order valence-corrected chi connectivity index (χ0v) is 32.8. The molecule has 0 spiro atoms. The molecule has 0 unspecified atom stereocenters. The Hall–Kier alpha value is -4.58. The van der Waals surface area contributed by atoms with Crippen molar-refractivity contribution in [2.75, 3.05) is 57.6 Å². The largest absolute Gasteiger partial charge is 0.495 e. The topological polar surface area (TPSA) is 118 Å². The number of likely N-dealkylation sites (tertiary alicyclic amines) is 1. The Morgan fingerprint density at radius 2 is 1.72 bits per heavy atom. The summed E-state index contributed by atoms with van der Waals surface area (Å²) < 4.78 is 16.6. The van der Waals surface area contributed by atoms with E-state index in [0.717, 1.165) is 48.1 Å². The Morgan fingerprint density at radius 1 is 1.02 bits per heavy atom. The summed E-state index contributed by atoms with van der Waals surface area (Å²) >= 11 is 13.4. The number of anilines is 3. The van der Waals surface area contributed by atoms with Crippen LogP contribution in [0.15, 0.2) is 55.3 Å². The number of aryl methyl sites for hydroxylation is 1. The first-order valence-corrected chi connectivity index (χ1v) is 18.5. The number of nitrogens with one attached hydrogen (secondary N) is 2. The van der Waals surface area contributed by atoms with Gasteiger partial charge in [-0.25, -0.2) is 14.8 Å². The lowest BCUT2D eigenvalue weighted by atomic mass is 10.0. The van der Waals surface area contributed by atoms with Gasteiger partial charge in [0.25, 0.3) is 0 Å². The highest BCUT2D eigenvalue weighted by molar-refractivity contribution is 6.41. The molecule has 53 heavy (non-hydrogen) atoms. The van der Waals surface area contributed by atoms with Crippen molar-refractivity contribution in [1.82, 2.24) is 19.8 Å². The first-order chi connectivity index (χ1) is 25.3. The minimum atomic E-state index is -0.602. The van der Waals surface area contributed by atoms with Crippen molar-refractivity contribution in [2.24, 2.45) is 0 Å². The van der Waals surface area contributed by atoms with Gasteiger partial charge in [-0.3, -0.25) is 4.79 Å². The number of hydrogen-bond donors (Lipinski definition) is 2. The molecule has 282 valence electrons. The Balaban J connectivity index is 1.38. The molecule has 1 aromatic heterocycles. The second kappa shape index (κ2) is 17.5. The minimum absolute atomic E-state index is 0.330. The van der Waals surface area contributed by atoms with E-state index >= 15 is 0 Å². The van der Waals surface area contributed by atoms with Crippen LogP contribution in [0.3, 0.4) is 0 Å². The number of carbonyl (C=O) groups excluding carboxylic acids is 2. The quantitative estimate of drug-likeness (QED) is 0.121. The summed E-state index contributed by atoms with van der Waals surface area (Å²) in [5.74, 6) is 0.851. The molecular formula is C40H48Cl2N6O5. The summed E-state index contributed by atoms with van der Waals surface area (Å²) in [7, 11) is 3.06. The predicted molar refractivity (Wildman–Crippen MR) is 213 cm³/mol. The maximum absolute atomic E-state index is 13.2. The van der Waals surface area contributed by atoms with Crippen molar-refractivity contribution in [1.29, 1.82) is 0 Å². The molecule has 1 aliphatic rings. The van der Waals surface area contributed by atoms with Gasteiger partial charge in [-0.1, -0.05) is 41.9 Å². The average molecular weight is 764 g/mol. The Morgan fingerprint density at radius 3 is 2.36 bits per heavy atom. The molecule has 1 saturated heterocycles. The van der Waals surface area contributed by atoms with Gasteiger partial charge in [-0.15, -0.1) is 0 Å². The third-order valence-electron chi connectivity index (χ3n) is 8.94. The highest BCUT2D eigenvalue weighted by Gasteiger charge is 2.24. The Labute approximate surface area is 321 Å². The zero-order valence-electron chi connectivity index (χ0n) is 31.3. The zero-order chi connectivity index (χ0) is 38.3. The number of rotatable bonds is 14. The van der Waals surface area contributed by atoms with Crippen LogP contribution in [0, 0.1) is 6.92 Å². The second-order valence-electron chi connectivity index (χ2n) is 14.0. The first-order valence-electron chi connectivity index (χ1n) is 17.7. The number of ether oxygens (including phenoxy) is 3. The van der Waals surface area contributed by atoms with Crippen LogP contribution in [0.4, 0.5) is 22.1 Å². The smallest absolute Gasteiger partial charge is 0.410 e. The van der Waals surface area contributed by atoms with Gasteiger partial charge in [0.15, 0.2) is 0 Å². The molecule has 5 rings (SSSR count). The molecule has 0 radical (unpaired) electrons. The van der Waals surface area contributed by atoms with Gasteiger partial charge >= 0.3 is 6.09 Å². The molecule has 1 aliphatic heterocycles. The molecule has 3 aromatic carbocycles. The lowest BCUT2D eigenvalue weighted by Gasteiger charge is -2.28. The van der Waals surface area contributed by atoms with E-state index in [4.69, 9.17) is 42.4 Å². The van der Waals surface area contributed by atoms with Crippen molar-refractivity contribution in [3.8, 4) is 22.6 Å². The summed E-state index contributed by atoms with van der Waals surface area (Å²) in [6.07, 6.45) is 6.47. The molecule has 1 fully saturated rings. The van der Waals surface area contributed by atoms with E-state index in [1.54, 1.807) is 17.2 Å². The number of hydrogen-bond acceptors (Lipinski definition) is 9. The fourth-order valence-electron chi connectivity index (χ4n) is 6.33. The number of fused-ring (bicyclic) bond motifs is 1. The number of aromatic nitrogens is 2. The van der Waals surface area contributed by atoms with Crippen LogP contribution >= 0.6 is 23.2 Å². The Bertz CT molecular complexity index is 1950. The fourth-order valence-corrected chi connectivity index (χ4v) is 7.05. The number of nitrogens with zero attached hydrogens (tertiary/aromatic N) is 4. The van der Waals surface area contributed by atoms with E-state index in [1.807, 2.05) is 58.0 Å². The van der Waals surface area contributed by atoms with Crippen LogP contribution < -0.4 is 20.1 Å². The van der Waals surface area contributed by atoms with Gasteiger partial charge < -0.3 is 34.6 Å². The van der Waals surface area contributed by atoms with Crippen molar-refractivity contribution in [3.63, 3.8) is 0 Å². The predicted octanol–water partition coefficient (Wildman–Crippen LogP) is 9.06. The van der Waals surface area contributed by atoms with E-state index < -0.39 is 5.60 Å². The number of amides is 2. The lowest BCUT2D eigenvalue weighted by Crippen LogP contribution is -2.39. The van der Waals surface area contributed by atoms with Crippen LogP contribution in [0.5, 0.6) is 11.5 Å². The van der Waals surface area contributed by atoms with Crippen molar-refractivity contribution in [3.05, 3.63) is 76.4 Å². The highest BCUT2D eigenvalue weighted by atomic mass is 35.5. The maximum atomic E-state index is 13.2. The summed E-state index contributed by atoms with van der Waals surface area (Å²) in [5.41, 5.74) is 4.36. The summed E-state index contributed by atoms with van der Waals surface area (Å²) in [5, 5.41) is 7.72. The first kappa shape index (κ1) is 39.6. The van der Waals surface area contributed by atoms with E-state index in [9.17, 15) is 9.59 Å². The molecule has 0 bridgehead atoms. The second-order valence-corrected chi connectivity index (χ2v) is 14.8. The van der Waals surface area contributed by atoms with Gasteiger partial charge in [0.1, 0.15) is 17.1 Å². The number of carbonyl (C=O) groups is 2. The minimum Gasteiger partial charge on any atom is -0.495 e. The van der Waals surface area contributed by atoms with Gasteiger partial charge in [0, 0.05) is 36.3 Å². The van der Waals surface area contributed by atoms with Crippen molar-refractivity contribution >= 4 is 63.4 Å². The molecular weight excluding hydrogens is 715 g/mol. The third-order valence-corrected chi connectivity index (χ3v) is 9.69. The van der Waals surface area contributed by atoms with E-state index in [2.05, 4.69) is 27.1 Å². The third kappa shape index (κ3) is 10.1. The van der Waals surface area contributed by atoms with Crippen LogP contribution in [0.25, 0.3) is 22.0 Å². The molecule has 4 aromatic rings. The summed E-state index contributed by atoms with van der Waals surface area (Å²) in [4.78, 5) is 39.4. The summed E-state index contributed by atoms with van der Waals surface area (Å²) in [6, 6.07) is 11.2. The van der Waals surface area contributed by atoms with Crippen molar-refractivity contribution < 1.29 is 23.8 Å². The van der Waals surface area contributed by atoms with Crippen LogP contribution in [-0.2, 0) is 16.0 Å². The van der Waals surface area contributed by atoms with Gasteiger partial charge in [0.05, 0.1) is 41.2 Å². The molecule has 0 saturated carbocycles. The normalized spacial score (nSPS) is 13.1. The molecule has 13 heteroatoms. The number of benzene rings is 3. The average Bonchev–Trinajstić information content (AvgIpc) is 3.64. The monoisotopic (exact) mass is 762 g/mol. The highest BCUT2D eigenvalue weighted by Crippen LogP contribution is 2.46. The van der Waals surface area contributed by atoms with E-state index in [0.29, 0.717) is 69.5 Å². The van der Waals surface area contributed by atoms with Crippen LogP contribution in [-0.4, -0.2) is 84.3 Å². The van der Waals surface area contributed by atoms with Crippen LogP contribution in [0.1, 0.15) is 51.2 Å². The lowest BCUT2D eigenvalue weighted by molar-refractivity contribution is -0.111. The number of methoxy groups -OCH3 is 2. The fraction of sp³-hybridized carbons (Fsp3) is 0.400. The molecule has 2 N–H and O–H groups in total. The van der Waals surface area contributed by atoms with E-state index in [1.165, 1.54) is 33.1 Å². The maximum Gasteiger partial charge on any atom is 0.410 e. The standard InChI is InChI=1S/C40H48Cl2N6O5/c1-8-33(49)44-30-21-26(14-19-48(39(50)53-40(3,4)5)18-11-17-47-15-9-10-16-47)20-25(2)37(30)46-38-43-24-28-22-27(12-13-29(28)45-38)34-35(41)31(51-6)23-32(52-7)36(34)42/h8,12-13,20-24H,1,9-11,14-19H2,2-7H3,(H,44,49)(H,43,45,46).